The zero-order valence-electron chi connectivity index (χ0n) is 8.95. The van der Waals surface area contributed by atoms with Crippen molar-refractivity contribution < 1.29 is 4.79 Å². The van der Waals surface area contributed by atoms with Crippen molar-refractivity contribution in [2.24, 2.45) is 11.5 Å². The minimum atomic E-state index is -0.491. The zero-order valence-corrected chi connectivity index (χ0v) is 8.95. The van der Waals surface area contributed by atoms with E-state index in [4.69, 9.17) is 11.5 Å². The highest BCUT2D eigenvalue weighted by Gasteiger charge is 2.09. The summed E-state index contributed by atoms with van der Waals surface area (Å²) in [4.78, 5) is 15.3. The molecule has 0 aromatic carbocycles. The summed E-state index contributed by atoms with van der Waals surface area (Å²) in [6, 6.07) is 3.40. The number of rotatable bonds is 4. The quantitative estimate of drug-likeness (QED) is 0.661. The van der Waals surface area contributed by atoms with Crippen molar-refractivity contribution in [2.45, 2.75) is 19.9 Å². The van der Waals surface area contributed by atoms with Gasteiger partial charge >= 0.3 is 0 Å². The van der Waals surface area contributed by atoms with Crippen LogP contribution >= 0.6 is 0 Å². The van der Waals surface area contributed by atoms with E-state index in [1.807, 2.05) is 13.8 Å². The summed E-state index contributed by atoms with van der Waals surface area (Å²) in [5.41, 5.74) is 12.0. The number of carbonyl (C=O) groups is 1. The molecule has 0 saturated heterocycles. The van der Waals surface area contributed by atoms with Gasteiger partial charge in [-0.2, -0.15) is 0 Å². The topological polar surface area (TPSA) is 94.0 Å². The van der Waals surface area contributed by atoms with Crippen molar-refractivity contribution in [1.29, 1.82) is 0 Å². The van der Waals surface area contributed by atoms with E-state index in [2.05, 4.69) is 10.3 Å². The van der Waals surface area contributed by atoms with Gasteiger partial charge in [0.15, 0.2) is 0 Å². The fourth-order valence-corrected chi connectivity index (χ4v) is 1.15. The molecule has 0 aliphatic rings. The molecule has 0 aliphatic carbocycles. The lowest BCUT2D eigenvalue weighted by atomic mass is 10.2. The molecule has 5 N–H and O–H groups in total. The van der Waals surface area contributed by atoms with Crippen LogP contribution in [0.3, 0.4) is 0 Å². The van der Waals surface area contributed by atoms with Gasteiger partial charge in [0.05, 0.1) is 5.56 Å². The number of aromatic nitrogens is 1. The summed E-state index contributed by atoms with van der Waals surface area (Å²) in [5, 5.41) is 3.00. The SMILES string of the molecule is Cc1ccc(C(N)=O)c(NCC(C)N)n1. The van der Waals surface area contributed by atoms with Gasteiger partial charge < -0.3 is 16.8 Å². The Morgan fingerprint density at radius 3 is 2.80 bits per heavy atom. The van der Waals surface area contributed by atoms with Crippen LogP contribution < -0.4 is 16.8 Å². The number of hydrogen-bond acceptors (Lipinski definition) is 4. The molecule has 0 spiro atoms. The molecular formula is C10H16N4O. The van der Waals surface area contributed by atoms with Gasteiger partial charge in [-0.15, -0.1) is 0 Å². The maximum absolute atomic E-state index is 11.1. The first-order chi connectivity index (χ1) is 7.00. The van der Waals surface area contributed by atoms with E-state index < -0.39 is 5.91 Å². The Balaban J connectivity index is 2.92. The molecular weight excluding hydrogens is 192 g/mol. The molecule has 0 radical (unpaired) electrons. The van der Waals surface area contributed by atoms with Gasteiger partial charge in [0.1, 0.15) is 5.82 Å². The average molecular weight is 208 g/mol. The molecule has 1 atom stereocenters. The van der Waals surface area contributed by atoms with Crippen LogP contribution in [0.4, 0.5) is 5.82 Å². The Morgan fingerprint density at radius 1 is 1.60 bits per heavy atom. The molecule has 0 bridgehead atoms. The molecule has 0 fully saturated rings. The zero-order chi connectivity index (χ0) is 11.4. The van der Waals surface area contributed by atoms with Gasteiger partial charge in [0.2, 0.25) is 0 Å². The number of aryl methyl sites for hydroxylation is 1. The van der Waals surface area contributed by atoms with E-state index in [1.165, 1.54) is 0 Å². The lowest BCUT2D eigenvalue weighted by Crippen LogP contribution is -2.27. The highest BCUT2D eigenvalue weighted by molar-refractivity contribution is 5.97. The molecule has 1 rings (SSSR count). The number of nitrogens with zero attached hydrogens (tertiary/aromatic N) is 1. The summed E-state index contributed by atoms with van der Waals surface area (Å²) >= 11 is 0. The van der Waals surface area contributed by atoms with Crippen molar-refractivity contribution in [3.05, 3.63) is 23.4 Å². The van der Waals surface area contributed by atoms with Crippen LogP contribution in [0.5, 0.6) is 0 Å². The highest BCUT2D eigenvalue weighted by atomic mass is 16.1. The fourth-order valence-electron chi connectivity index (χ4n) is 1.15. The summed E-state index contributed by atoms with van der Waals surface area (Å²) in [6.45, 7) is 4.27. The van der Waals surface area contributed by atoms with Crippen LogP contribution in [-0.4, -0.2) is 23.5 Å². The number of carbonyl (C=O) groups excluding carboxylic acids is 1. The minimum absolute atomic E-state index is 0.00645. The number of nitrogens with two attached hydrogens (primary N) is 2. The third-order valence-electron chi connectivity index (χ3n) is 1.89. The van der Waals surface area contributed by atoms with E-state index in [1.54, 1.807) is 12.1 Å². The normalized spacial score (nSPS) is 12.2. The summed E-state index contributed by atoms with van der Waals surface area (Å²) in [6.07, 6.45) is 0. The summed E-state index contributed by atoms with van der Waals surface area (Å²) in [5.74, 6) is 0.00877. The van der Waals surface area contributed by atoms with E-state index in [-0.39, 0.29) is 6.04 Å². The number of amides is 1. The first-order valence-corrected chi connectivity index (χ1v) is 4.77. The summed E-state index contributed by atoms with van der Waals surface area (Å²) in [7, 11) is 0. The molecule has 5 heteroatoms. The second-order valence-electron chi connectivity index (χ2n) is 3.57. The standard InChI is InChI=1S/C10H16N4O/c1-6(11)5-13-10-8(9(12)15)4-3-7(2)14-10/h3-4,6H,5,11H2,1-2H3,(H2,12,15)(H,13,14). The van der Waals surface area contributed by atoms with Crippen molar-refractivity contribution in [3.63, 3.8) is 0 Å². The van der Waals surface area contributed by atoms with E-state index >= 15 is 0 Å². The largest absolute Gasteiger partial charge is 0.368 e. The number of primary amides is 1. The fraction of sp³-hybridized carbons (Fsp3) is 0.400. The number of anilines is 1. The molecule has 15 heavy (non-hydrogen) atoms. The average Bonchev–Trinajstić information content (AvgIpc) is 2.14. The van der Waals surface area contributed by atoms with Crippen molar-refractivity contribution in [1.82, 2.24) is 4.98 Å². The Labute approximate surface area is 88.9 Å². The van der Waals surface area contributed by atoms with Crippen LogP contribution in [0, 0.1) is 6.92 Å². The number of nitrogens with one attached hydrogen (secondary N) is 1. The smallest absolute Gasteiger partial charge is 0.252 e. The number of pyridine rings is 1. The van der Waals surface area contributed by atoms with Gasteiger partial charge in [-0.05, 0) is 26.0 Å². The maximum atomic E-state index is 11.1. The molecule has 1 aromatic heterocycles. The first kappa shape index (κ1) is 11.5. The van der Waals surface area contributed by atoms with E-state index in [9.17, 15) is 4.79 Å². The van der Waals surface area contributed by atoms with Crippen LogP contribution in [-0.2, 0) is 0 Å². The molecule has 82 valence electrons. The van der Waals surface area contributed by atoms with Gasteiger partial charge in [0.25, 0.3) is 5.91 Å². The maximum Gasteiger partial charge on any atom is 0.252 e. The highest BCUT2D eigenvalue weighted by Crippen LogP contribution is 2.12. The summed E-state index contributed by atoms with van der Waals surface area (Å²) < 4.78 is 0. The Bertz CT molecular complexity index is 362. The number of hydrogen-bond donors (Lipinski definition) is 3. The van der Waals surface area contributed by atoms with Crippen LogP contribution in [0.2, 0.25) is 0 Å². The van der Waals surface area contributed by atoms with Crippen molar-refractivity contribution in [3.8, 4) is 0 Å². The third-order valence-corrected chi connectivity index (χ3v) is 1.89. The Morgan fingerprint density at radius 2 is 2.27 bits per heavy atom. The Hall–Kier alpha value is -1.62. The molecule has 1 amide bonds. The molecule has 1 heterocycles. The third kappa shape index (κ3) is 3.21. The molecule has 0 aliphatic heterocycles. The predicted molar refractivity (Wildman–Crippen MR) is 59.6 cm³/mol. The van der Waals surface area contributed by atoms with Crippen LogP contribution in [0.25, 0.3) is 0 Å². The molecule has 1 unspecified atom stereocenters. The minimum Gasteiger partial charge on any atom is -0.368 e. The van der Waals surface area contributed by atoms with Crippen LogP contribution in [0.1, 0.15) is 23.0 Å². The second kappa shape index (κ2) is 4.75. The molecule has 1 aromatic rings. The van der Waals surface area contributed by atoms with Crippen LogP contribution in [0.15, 0.2) is 12.1 Å². The van der Waals surface area contributed by atoms with Gasteiger partial charge in [-0.3, -0.25) is 4.79 Å². The monoisotopic (exact) mass is 208 g/mol. The van der Waals surface area contributed by atoms with Gasteiger partial charge in [0, 0.05) is 18.3 Å². The lowest BCUT2D eigenvalue weighted by molar-refractivity contribution is 0.100. The first-order valence-electron chi connectivity index (χ1n) is 4.77. The molecule has 0 saturated carbocycles. The molecule has 5 nitrogen and oxygen atoms in total. The Kier molecular flexibility index (Phi) is 3.62. The van der Waals surface area contributed by atoms with Gasteiger partial charge in [-0.1, -0.05) is 0 Å². The predicted octanol–water partition coefficient (Wildman–Crippen LogP) is 0.248. The lowest BCUT2D eigenvalue weighted by Gasteiger charge is -2.11. The van der Waals surface area contributed by atoms with E-state index in [0.29, 0.717) is 17.9 Å². The van der Waals surface area contributed by atoms with Crippen molar-refractivity contribution >= 4 is 11.7 Å². The van der Waals surface area contributed by atoms with Crippen molar-refractivity contribution in [2.75, 3.05) is 11.9 Å². The second-order valence-corrected chi connectivity index (χ2v) is 3.57. The van der Waals surface area contributed by atoms with E-state index in [0.717, 1.165) is 5.69 Å². The van der Waals surface area contributed by atoms with Gasteiger partial charge in [-0.25, -0.2) is 4.98 Å².